The lowest BCUT2D eigenvalue weighted by molar-refractivity contribution is -0.146. The molecule has 1 aromatic rings. The van der Waals surface area contributed by atoms with Crippen molar-refractivity contribution in [2.24, 2.45) is 0 Å². The number of aliphatic hydroxyl groups is 1. The van der Waals surface area contributed by atoms with Crippen molar-refractivity contribution < 1.29 is 29.3 Å². The zero-order valence-corrected chi connectivity index (χ0v) is 12.1. The van der Waals surface area contributed by atoms with Crippen LogP contribution in [0.3, 0.4) is 0 Å². The molecule has 0 spiro atoms. The summed E-state index contributed by atoms with van der Waals surface area (Å²) in [6.07, 6.45) is -1.68. The summed E-state index contributed by atoms with van der Waals surface area (Å²) in [6, 6.07) is 2.20. The van der Waals surface area contributed by atoms with Crippen LogP contribution < -0.4 is 20.1 Å². The Morgan fingerprint density at radius 1 is 1.29 bits per heavy atom. The number of ether oxygens (including phenoxy) is 2. The molecule has 2 amide bonds. The summed E-state index contributed by atoms with van der Waals surface area (Å²) in [5.41, 5.74) is 0.269. The van der Waals surface area contributed by atoms with Crippen LogP contribution in [0.5, 0.6) is 11.5 Å². The van der Waals surface area contributed by atoms with Crippen LogP contribution in [-0.4, -0.2) is 49.1 Å². The molecule has 1 rings (SSSR count). The van der Waals surface area contributed by atoms with Gasteiger partial charge in [-0.1, -0.05) is 11.6 Å². The van der Waals surface area contributed by atoms with E-state index in [0.29, 0.717) is 11.5 Å². The van der Waals surface area contributed by atoms with Crippen molar-refractivity contribution in [1.82, 2.24) is 5.32 Å². The van der Waals surface area contributed by atoms with E-state index in [1.54, 1.807) is 0 Å². The maximum absolute atomic E-state index is 11.6. The molecule has 1 atom stereocenters. The zero-order chi connectivity index (χ0) is 16.0. The molecule has 0 aliphatic rings. The van der Waals surface area contributed by atoms with E-state index in [2.05, 4.69) is 10.6 Å². The summed E-state index contributed by atoms with van der Waals surface area (Å²) >= 11 is 5.94. The topological polar surface area (TPSA) is 117 Å². The lowest BCUT2D eigenvalue weighted by atomic mass is 10.2. The van der Waals surface area contributed by atoms with Gasteiger partial charge in [-0.15, -0.1) is 0 Å². The quantitative estimate of drug-likeness (QED) is 0.619. The molecule has 0 aromatic heterocycles. The van der Waals surface area contributed by atoms with Crippen LogP contribution in [0.4, 0.5) is 10.5 Å². The molecule has 0 bridgehead atoms. The normalized spacial score (nSPS) is 11.4. The van der Waals surface area contributed by atoms with Crippen LogP contribution in [0.25, 0.3) is 0 Å². The van der Waals surface area contributed by atoms with Gasteiger partial charge < -0.3 is 30.3 Å². The van der Waals surface area contributed by atoms with Gasteiger partial charge in [-0.3, -0.25) is 0 Å². The first-order valence-corrected chi connectivity index (χ1v) is 6.14. The van der Waals surface area contributed by atoms with Gasteiger partial charge in [0.2, 0.25) is 0 Å². The summed E-state index contributed by atoms with van der Waals surface area (Å²) in [6.45, 7) is -0.437. The van der Waals surface area contributed by atoms with Gasteiger partial charge in [-0.2, -0.15) is 0 Å². The molecule has 116 valence electrons. The highest BCUT2D eigenvalue weighted by atomic mass is 35.5. The Balaban J connectivity index is 2.76. The molecule has 0 saturated heterocycles. The first-order chi connectivity index (χ1) is 9.88. The number of benzene rings is 1. The third kappa shape index (κ3) is 4.69. The van der Waals surface area contributed by atoms with Gasteiger partial charge in [0.15, 0.2) is 6.10 Å². The van der Waals surface area contributed by atoms with E-state index >= 15 is 0 Å². The Kier molecular flexibility index (Phi) is 6.07. The van der Waals surface area contributed by atoms with E-state index in [9.17, 15) is 9.59 Å². The minimum Gasteiger partial charge on any atom is -0.495 e. The minimum atomic E-state index is -1.68. The van der Waals surface area contributed by atoms with Gasteiger partial charge >= 0.3 is 12.0 Å². The van der Waals surface area contributed by atoms with Gasteiger partial charge in [0.25, 0.3) is 0 Å². The molecule has 9 heteroatoms. The van der Waals surface area contributed by atoms with E-state index in [1.807, 2.05) is 0 Å². The number of carbonyl (C=O) groups is 2. The molecule has 8 nitrogen and oxygen atoms in total. The number of hydrogen-bond donors (Lipinski definition) is 4. The third-order valence-electron chi connectivity index (χ3n) is 2.46. The Hall–Kier alpha value is -2.19. The van der Waals surface area contributed by atoms with Gasteiger partial charge in [0.1, 0.15) is 11.5 Å². The Morgan fingerprint density at radius 3 is 2.43 bits per heavy atom. The number of urea groups is 1. The van der Waals surface area contributed by atoms with Gasteiger partial charge in [0.05, 0.1) is 31.5 Å². The van der Waals surface area contributed by atoms with Crippen LogP contribution in [0.2, 0.25) is 5.02 Å². The smallest absolute Gasteiger partial charge is 0.334 e. The number of halogens is 1. The molecule has 0 fully saturated rings. The van der Waals surface area contributed by atoms with Crippen LogP contribution >= 0.6 is 11.6 Å². The second-order valence-electron chi connectivity index (χ2n) is 3.88. The fourth-order valence-electron chi connectivity index (χ4n) is 1.40. The van der Waals surface area contributed by atoms with Crippen molar-refractivity contribution in [2.75, 3.05) is 26.1 Å². The van der Waals surface area contributed by atoms with Crippen LogP contribution in [0.1, 0.15) is 0 Å². The van der Waals surface area contributed by atoms with Crippen LogP contribution in [-0.2, 0) is 4.79 Å². The summed E-state index contributed by atoms with van der Waals surface area (Å²) in [7, 11) is 2.84. The van der Waals surface area contributed by atoms with Gasteiger partial charge in [-0.05, 0) is 6.07 Å². The standard InChI is InChI=1S/C12H15ClN2O6/c1-20-9-4-10(21-2)7(3-6(9)13)15-12(19)14-5-8(16)11(17)18/h3-4,8,16H,5H2,1-2H3,(H,17,18)(H2,14,15,19). The maximum Gasteiger partial charge on any atom is 0.334 e. The number of aliphatic hydroxyl groups excluding tert-OH is 1. The van der Waals surface area contributed by atoms with E-state index < -0.39 is 24.6 Å². The number of carboxylic acid groups (broad SMARTS) is 1. The Labute approximate surface area is 125 Å². The second-order valence-corrected chi connectivity index (χ2v) is 4.28. The zero-order valence-electron chi connectivity index (χ0n) is 11.3. The molecular formula is C12H15ClN2O6. The van der Waals surface area contributed by atoms with Crippen molar-refractivity contribution >= 4 is 29.3 Å². The maximum atomic E-state index is 11.6. The Morgan fingerprint density at radius 2 is 1.90 bits per heavy atom. The summed E-state index contributed by atoms with van der Waals surface area (Å²) < 4.78 is 10.1. The highest BCUT2D eigenvalue weighted by molar-refractivity contribution is 6.32. The van der Waals surface area contributed by atoms with Crippen molar-refractivity contribution in [3.8, 4) is 11.5 Å². The average molecular weight is 319 g/mol. The SMILES string of the molecule is COc1cc(OC)c(NC(=O)NCC(O)C(=O)O)cc1Cl. The number of carbonyl (C=O) groups excluding carboxylic acids is 1. The first-order valence-electron chi connectivity index (χ1n) is 5.76. The van der Waals surface area contributed by atoms with E-state index in [0.717, 1.165) is 0 Å². The highest BCUT2D eigenvalue weighted by Crippen LogP contribution is 2.35. The number of hydrogen-bond acceptors (Lipinski definition) is 5. The molecule has 0 radical (unpaired) electrons. The van der Waals surface area contributed by atoms with Crippen molar-refractivity contribution in [2.45, 2.75) is 6.10 Å². The molecule has 4 N–H and O–H groups in total. The number of nitrogens with one attached hydrogen (secondary N) is 2. The number of methoxy groups -OCH3 is 2. The number of rotatable bonds is 6. The van der Waals surface area contributed by atoms with Gasteiger partial charge in [0, 0.05) is 6.07 Å². The number of aliphatic carboxylic acids is 1. The van der Waals surface area contributed by atoms with Crippen LogP contribution in [0.15, 0.2) is 12.1 Å². The summed E-state index contributed by atoms with van der Waals surface area (Å²) in [4.78, 5) is 22.0. The van der Waals surface area contributed by atoms with E-state index in [1.165, 1.54) is 26.4 Å². The molecule has 0 heterocycles. The summed E-state index contributed by atoms with van der Waals surface area (Å²) in [5.74, 6) is -0.744. The predicted octanol–water partition coefficient (Wildman–Crippen LogP) is 0.924. The fourth-order valence-corrected chi connectivity index (χ4v) is 1.64. The van der Waals surface area contributed by atoms with Crippen LogP contribution in [0, 0.1) is 0 Å². The van der Waals surface area contributed by atoms with E-state index in [-0.39, 0.29) is 10.7 Å². The fraction of sp³-hybridized carbons (Fsp3) is 0.333. The molecular weight excluding hydrogens is 304 g/mol. The minimum absolute atomic E-state index is 0.263. The molecule has 1 unspecified atom stereocenters. The monoisotopic (exact) mass is 318 g/mol. The summed E-state index contributed by atoms with van der Waals surface area (Å²) in [5, 5.41) is 22.4. The molecule has 1 aromatic carbocycles. The predicted molar refractivity (Wildman–Crippen MR) is 75.2 cm³/mol. The highest BCUT2D eigenvalue weighted by Gasteiger charge is 2.16. The molecule has 0 aliphatic heterocycles. The first kappa shape index (κ1) is 16.9. The van der Waals surface area contributed by atoms with E-state index in [4.69, 9.17) is 31.3 Å². The lowest BCUT2D eigenvalue weighted by Crippen LogP contribution is -2.38. The lowest BCUT2D eigenvalue weighted by Gasteiger charge is -2.14. The van der Waals surface area contributed by atoms with Crippen molar-refractivity contribution in [1.29, 1.82) is 0 Å². The number of anilines is 1. The molecule has 21 heavy (non-hydrogen) atoms. The second kappa shape index (κ2) is 7.55. The molecule has 0 saturated carbocycles. The Bertz CT molecular complexity index is 537. The number of amides is 2. The average Bonchev–Trinajstić information content (AvgIpc) is 2.44. The third-order valence-corrected chi connectivity index (χ3v) is 2.76. The largest absolute Gasteiger partial charge is 0.495 e. The number of carboxylic acids is 1. The van der Waals surface area contributed by atoms with Crippen molar-refractivity contribution in [3.63, 3.8) is 0 Å². The van der Waals surface area contributed by atoms with Crippen molar-refractivity contribution in [3.05, 3.63) is 17.2 Å². The van der Waals surface area contributed by atoms with Gasteiger partial charge in [-0.25, -0.2) is 9.59 Å². The molecule has 0 aliphatic carbocycles.